The Bertz CT molecular complexity index is 1260. The third kappa shape index (κ3) is 3.90. The maximum atomic E-state index is 12.8. The summed E-state index contributed by atoms with van der Waals surface area (Å²) >= 11 is 0. The first-order chi connectivity index (χ1) is 15.2. The number of hydrogen-bond acceptors (Lipinski definition) is 5. The first-order valence-electron chi connectivity index (χ1n) is 9.95. The number of methoxy groups -OCH3 is 1. The zero-order valence-corrected chi connectivity index (χ0v) is 17.0. The van der Waals surface area contributed by atoms with Crippen molar-refractivity contribution in [2.75, 3.05) is 13.9 Å². The van der Waals surface area contributed by atoms with E-state index in [0.717, 1.165) is 33.5 Å². The number of nitrogens with one attached hydrogen (secondary N) is 1. The molecule has 1 N–H and O–H groups in total. The summed E-state index contributed by atoms with van der Waals surface area (Å²) in [5.41, 5.74) is 3.50. The summed E-state index contributed by atoms with van der Waals surface area (Å²) in [6.07, 6.45) is 1.81. The van der Waals surface area contributed by atoms with Crippen molar-refractivity contribution in [1.82, 2.24) is 15.1 Å². The number of amides is 1. The van der Waals surface area contributed by atoms with E-state index in [1.807, 2.05) is 71.5 Å². The second-order valence-corrected chi connectivity index (χ2v) is 7.30. The highest BCUT2D eigenvalue weighted by molar-refractivity contribution is 5.97. The van der Waals surface area contributed by atoms with E-state index < -0.39 is 0 Å². The molecule has 3 aromatic carbocycles. The summed E-state index contributed by atoms with van der Waals surface area (Å²) in [7, 11) is 1.65. The fourth-order valence-corrected chi connectivity index (χ4v) is 3.62. The van der Waals surface area contributed by atoms with Gasteiger partial charge in [-0.2, -0.15) is 5.10 Å². The molecule has 0 radical (unpaired) electrons. The van der Waals surface area contributed by atoms with Crippen molar-refractivity contribution >= 4 is 16.8 Å². The van der Waals surface area contributed by atoms with Gasteiger partial charge in [-0.15, -0.1) is 0 Å². The monoisotopic (exact) mass is 415 g/mol. The molecule has 4 aromatic rings. The van der Waals surface area contributed by atoms with Gasteiger partial charge in [-0.25, -0.2) is 0 Å². The fourth-order valence-electron chi connectivity index (χ4n) is 3.62. The fraction of sp³-hybridized carbons (Fsp3) is 0.167. The summed E-state index contributed by atoms with van der Waals surface area (Å²) < 4.78 is 17.9. The van der Waals surface area contributed by atoms with Crippen LogP contribution < -0.4 is 19.5 Å². The number of benzene rings is 3. The van der Waals surface area contributed by atoms with Crippen LogP contribution in [-0.2, 0) is 13.1 Å². The Balaban J connectivity index is 1.32. The molecule has 1 amide bonds. The molecule has 1 aromatic heterocycles. The van der Waals surface area contributed by atoms with Gasteiger partial charge in [0, 0.05) is 17.5 Å². The van der Waals surface area contributed by atoms with E-state index >= 15 is 0 Å². The molecule has 0 fully saturated rings. The summed E-state index contributed by atoms with van der Waals surface area (Å²) in [4.78, 5) is 12.8. The molecule has 156 valence electrons. The highest BCUT2D eigenvalue weighted by atomic mass is 16.7. The van der Waals surface area contributed by atoms with Crippen LogP contribution in [0.4, 0.5) is 0 Å². The maximum absolute atomic E-state index is 12.8. The number of rotatable bonds is 6. The molecule has 31 heavy (non-hydrogen) atoms. The van der Waals surface area contributed by atoms with Crippen molar-refractivity contribution in [1.29, 1.82) is 0 Å². The Kier molecular flexibility index (Phi) is 4.92. The number of carbonyl (C=O) groups excluding carboxylic acids is 1. The lowest BCUT2D eigenvalue weighted by Crippen LogP contribution is -2.22. The van der Waals surface area contributed by atoms with Gasteiger partial charge in [0.1, 0.15) is 5.75 Å². The number of ether oxygens (including phenoxy) is 3. The molecular weight excluding hydrogens is 394 g/mol. The first-order valence-corrected chi connectivity index (χ1v) is 9.95. The van der Waals surface area contributed by atoms with Gasteiger partial charge < -0.3 is 19.5 Å². The van der Waals surface area contributed by atoms with Gasteiger partial charge in [-0.05, 0) is 47.5 Å². The lowest BCUT2D eigenvalue weighted by molar-refractivity contribution is 0.0951. The van der Waals surface area contributed by atoms with Crippen LogP contribution >= 0.6 is 0 Å². The highest BCUT2D eigenvalue weighted by Crippen LogP contribution is 2.32. The van der Waals surface area contributed by atoms with E-state index in [4.69, 9.17) is 14.2 Å². The minimum atomic E-state index is -0.145. The molecule has 5 rings (SSSR count). The number of carbonyl (C=O) groups is 1. The van der Waals surface area contributed by atoms with Crippen molar-refractivity contribution in [2.24, 2.45) is 0 Å². The number of hydrogen-bond donors (Lipinski definition) is 1. The molecule has 1 aliphatic rings. The van der Waals surface area contributed by atoms with Crippen LogP contribution in [0.25, 0.3) is 10.9 Å². The molecule has 0 saturated carbocycles. The van der Waals surface area contributed by atoms with Crippen LogP contribution in [0.1, 0.15) is 21.5 Å². The number of fused-ring (bicyclic) bond motifs is 2. The maximum Gasteiger partial charge on any atom is 0.251 e. The average molecular weight is 415 g/mol. The van der Waals surface area contributed by atoms with E-state index in [0.29, 0.717) is 24.4 Å². The van der Waals surface area contributed by atoms with Gasteiger partial charge in [-0.3, -0.25) is 9.48 Å². The van der Waals surface area contributed by atoms with Crippen molar-refractivity contribution in [2.45, 2.75) is 13.1 Å². The van der Waals surface area contributed by atoms with E-state index in [9.17, 15) is 4.79 Å². The quantitative estimate of drug-likeness (QED) is 0.519. The molecule has 0 spiro atoms. The molecule has 0 aliphatic carbocycles. The molecule has 7 heteroatoms. The molecule has 7 nitrogen and oxygen atoms in total. The van der Waals surface area contributed by atoms with Crippen molar-refractivity contribution in [3.05, 3.63) is 83.6 Å². The zero-order valence-electron chi connectivity index (χ0n) is 17.0. The topological polar surface area (TPSA) is 74.6 Å². The van der Waals surface area contributed by atoms with Crippen molar-refractivity contribution < 1.29 is 19.0 Å². The van der Waals surface area contributed by atoms with Gasteiger partial charge in [0.25, 0.3) is 5.91 Å². The normalized spacial score (nSPS) is 12.2. The van der Waals surface area contributed by atoms with E-state index in [1.165, 1.54) is 0 Å². The van der Waals surface area contributed by atoms with Gasteiger partial charge in [0.15, 0.2) is 11.5 Å². The molecule has 0 saturated heterocycles. The van der Waals surface area contributed by atoms with E-state index in [1.54, 1.807) is 7.11 Å². The van der Waals surface area contributed by atoms with Gasteiger partial charge in [0.2, 0.25) is 6.79 Å². The second kappa shape index (κ2) is 8.02. The Morgan fingerprint density at radius 2 is 1.97 bits per heavy atom. The zero-order chi connectivity index (χ0) is 21.2. The van der Waals surface area contributed by atoms with Crippen LogP contribution in [0, 0.1) is 0 Å². The van der Waals surface area contributed by atoms with E-state index in [2.05, 4.69) is 10.4 Å². The minimum Gasteiger partial charge on any atom is -0.497 e. The predicted molar refractivity (Wildman–Crippen MR) is 116 cm³/mol. The SMILES string of the molecule is COc1cccc(Cn2ncc3ccc(C(=O)NCc4ccc5c(c4)OCO5)cc32)c1. The Morgan fingerprint density at radius 1 is 1.06 bits per heavy atom. The average Bonchev–Trinajstić information content (AvgIpc) is 3.44. The Hall–Kier alpha value is -4.00. The number of aromatic nitrogens is 2. The first kappa shape index (κ1) is 19.0. The van der Waals surface area contributed by atoms with Crippen molar-refractivity contribution in [3.8, 4) is 17.2 Å². The summed E-state index contributed by atoms with van der Waals surface area (Å²) in [5, 5.41) is 8.44. The lowest BCUT2D eigenvalue weighted by Gasteiger charge is -2.08. The molecular formula is C24H21N3O4. The largest absolute Gasteiger partial charge is 0.497 e. The summed E-state index contributed by atoms with van der Waals surface area (Å²) in [6.45, 7) is 1.22. The Labute approximate surface area is 179 Å². The third-order valence-corrected chi connectivity index (χ3v) is 5.26. The van der Waals surface area contributed by atoms with Crippen LogP contribution in [0.2, 0.25) is 0 Å². The molecule has 0 bridgehead atoms. The van der Waals surface area contributed by atoms with Gasteiger partial charge in [0.05, 0.1) is 25.4 Å². The molecule has 2 heterocycles. The third-order valence-electron chi connectivity index (χ3n) is 5.26. The standard InChI is InChI=1S/C24H21N3O4/c1-29-20-4-2-3-17(9-20)14-27-21-11-18(6-7-19(21)13-26-27)24(28)25-12-16-5-8-22-23(10-16)31-15-30-22/h2-11,13H,12,14-15H2,1H3,(H,25,28). The highest BCUT2D eigenvalue weighted by Gasteiger charge is 2.14. The second-order valence-electron chi connectivity index (χ2n) is 7.30. The van der Waals surface area contributed by atoms with Crippen molar-refractivity contribution in [3.63, 3.8) is 0 Å². The minimum absolute atomic E-state index is 0.145. The summed E-state index contributed by atoms with van der Waals surface area (Å²) in [5.74, 6) is 2.09. The molecule has 0 atom stereocenters. The smallest absolute Gasteiger partial charge is 0.251 e. The molecule has 1 aliphatic heterocycles. The predicted octanol–water partition coefficient (Wildman–Crippen LogP) is 3.75. The Morgan fingerprint density at radius 3 is 2.87 bits per heavy atom. The molecule has 0 unspecified atom stereocenters. The van der Waals surface area contributed by atoms with Gasteiger partial charge >= 0.3 is 0 Å². The van der Waals surface area contributed by atoms with Crippen LogP contribution in [0.15, 0.2) is 66.9 Å². The van der Waals surface area contributed by atoms with Gasteiger partial charge in [-0.1, -0.05) is 24.3 Å². The lowest BCUT2D eigenvalue weighted by atomic mass is 10.1. The summed E-state index contributed by atoms with van der Waals surface area (Å²) in [6, 6.07) is 19.1. The van der Waals surface area contributed by atoms with Crippen LogP contribution in [0.5, 0.6) is 17.2 Å². The van der Waals surface area contributed by atoms with Crippen LogP contribution in [0.3, 0.4) is 0 Å². The van der Waals surface area contributed by atoms with E-state index in [-0.39, 0.29) is 12.7 Å². The number of nitrogens with zero attached hydrogens (tertiary/aromatic N) is 2. The van der Waals surface area contributed by atoms with Crippen LogP contribution in [-0.4, -0.2) is 29.6 Å².